The van der Waals surface area contributed by atoms with Crippen molar-refractivity contribution in [3.05, 3.63) is 30.1 Å². The number of rotatable bonds is 5. The highest BCUT2D eigenvalue weighted by Gasteiger charge is 2.28. The summed E-state index contributed by atoms with van der Waals surface area (Å²) in [5.41, 5.74) is 1.42. The molecule has 1 atom stereocenters. The van der Waals surface area contributed by atoms with E-state index in [9.17, 15) is 4.79 Å². The fraction of sp³-hybridized carbons (Fsp3) is 0.467. The lowest BCUT2D eigenvalue weighted by Gasteiger charge is -2.24. The van der Waals surface area contributed by atoms with Crippen molar-refractivity contribution >= 4 is 17.8 Å². The van der Waals surface area contributed by atoms with Crippen molar-refractivity contribution in [1.29, 1.82) is 0 Å². The van der Waals surface area contributed by atoms with Gasteiger partial charge >= 0.3 is 0 Å². The molecule has 106 valence electrons. The molecule has 0 spiro atoms. The fourth-order valence-electron chi connectivity index (χ4n) is 3.06. The number of fused-ring (bicyclic) bond motifs is 1. The Morgan fingerprint density at radius 2 is 2.35 bits per heavy atom. The highest BCUT2D eigenvalue weighted by atomic mass is 16.2. The SMILES string of the molecule is O=Cc1c(N2CCCC2CCCO)nc2ccccn12. The molecule has 1 fully saturated rings. The van der Waals surface area contributed by atoms with Crippen LogP contribution in [0.3, 0.4) is 0 Å². The van der Waals surface area contributed by atoms with Gasteiger partial charge in [-0.05, 0) is 37.8 Å². The number of aromatic nitrogens is 2. The van der Waals surface area contributed by atoms with Gasteiger partial charge in [0.25, 0.3) is 0 Å². The number of hydrogen-bond acceptors (Lipinski definition) is 4. The Labute approximate surface area is 117 Å². The topological polar surface area (TPSA) is 57.8 Å². The number of carbonyl (C=O) groups is 1. The van der Waals surface area contributed by atoms with Crippen LogP contribution in [0.25, 0.3) is 5.65 Å². The van der Waals surface area contributed by atoms with Crippen molar-refractivity contribution in [2.75, 3.05) is 18.1 Å². The van der Waals surface area contributed by atoms with Gasteiger partial charge < -0.3 is 10.0 Å². The molecule has 3 heterocycles. The lowest BCUT2D eigenvalue weighted by Crippen LogP contribution is -2.30. The molecule has 5 nitrogen and oxygen atoms in total. The van der Waals surface area contributed by atoms with Crippen molar-refractivity contribution in [2.24, 2.45) is 0 Å². The maximum Gasteiger partial charge on any atom is 0.170 e. The van der Waals surface area contributed by atoms with Gasteiger partial charge in [-0.1, -0.05) is 6.07 Å². The number of nitrogens with zero attached hydrogens (tertiary/aromatic N) is 3. The van der Waals surface area contributed by atoms with Gasteiger partial charge in [0.2, 0.25) is 0 Å². The Kier molecular flexibility index (Phi) is 3.69. The quantitative estimate of drug-likeness (QED) is 0.845. The van der Waals surface area contributed by atoms with Crippen LogP contribution < -0.4 is 4.90 Å². The second kappa shape index (κ2) is 5.63. The molecule has 0 saturated carbocycles. The number of imidazole rings is 1. The molecule has 20 heavy (non-hydrogen) atoms. The summed E-state index contributed by atoms with van der Waals surface area (Å²) in [7, 11) is 0. The molecular weight excluding hydrogens is 254 g/mol. The molecule has 1 aliphatic rings. The lowest BCUT2D eigenvalue weighted by atomic mass is 10.1. The molecule has 1 unspecified atom stereocenters. The van der Waals surface area contributed by atoms with E-state index in [-0.39, 0.29) is 6.61 Å². The molecule has 0 aliphatic carbocycles. The van der Waals surface area contributed by atoms with Crippen LogP contribution in [-0.4, -0.2) is 40.0 Å². The molecule has 0 bridgehead atoms. The number of aliphatic hydroxyl groups excluding tert-OH is 1. The number of carbonyl (C=O) groups excluding carboxylic acids is 1. The van der Waals surface area contributed by atoms with Crippen molar-refractivity contribution in [3.8, 4) is 0 Å². The highest BCUT2D eigenvalue weighted by molar-refractivity contribution is 5.83. The molecule has 1 saturated heterocycles. The van der Waals surface area contributed by atoms with Crippen molar-refractivity contribution in [3.63, 3.8) is 0 Å². The molecule has 2 aromatic heterocycles. The first-order valence-corrected chi connectivity index (χ1v) is 7.15. The summed E-state index contributed by atoms with van der Waals surface area (Å²) in [5.74, 6) is 0.784. The minimum atomic E-state index is 0.218. The van der Waals surface area contributed by atoms with Gasteiger partial charge in [-0.2, -0.15) is 0 Å². The van der Waals surface area contributed by atoms with E-state index in [1.807, 2.05) is 28.8 Å². The third-order valence-electron chi connectivity index (χ3n) is 4.00. The van der Waals surface area contributed by atoms with Gasteiger partial charge in [0.15, 0.2) is 12.1 Å². The van der Waals surface area contributed by atoms with E-state index >= 15 is 0 Å². The zero-order chi connectivity index (χ0) is 13.9. The summed E-state index contributed by atoms with van der Waals surface area (Å²) in [6, 6.07) is 6.12. The first kappa shape index (κ1) is 13.1. The first-order valence-electron chi connectivity index (χ1n) is 7.15. The Balaban J connectivity index is 1.98. The van der Waals surface area contributed by atoms with Crippen molar-refractivity contribution < 1.29 is 9.90 Å². The van der Waals surface area contributed by atoms with Crippen LogP contribution in [0.4, 0.5) is 5.82 Å². The summed E-state index contributed by atoms with van der Waals surface area (Å²) >= 11 is 0. The Morgan fingerprint density at radius 3 is 3.15 bits per heavy atom. The molecule has 2 aromatic rings. The van der Waals surface area contributed by atoms with Crippen molar-refractivity contribution in [1.82, 2.24) is 9.38 Å². The smallest absolute Gasteiger partial charge is 0.170 e. The number of pyridine rings is 1. The van der Waals surface area contributed by atoms with Crippen LogP contribution in [-0.2, 0) is 0 Å². The van der Waals surface area contributed by atoms with E-state index in [1.165, 1.54) is 0 Å². The van der Waals surface area contributed by atoms with Crippen molar-refractivity contribution in [2.45, 2.75) is 31.7 Å². The van der Waals surface area contributed by atoms with E-state index in [4.69, 9.17) is 5.11 Å². The Hall–Kier alpha value is -1.88. The monoisotopic (exact) mass is 273 g/mol. The van der Waals surface area contributed by atoms with E-state index < -0.39 is 0 Å². The maximum absolute atomic E-state index is 11.5. The Bertz CT molecular complexity index is 608. The van der Waals surface area contributed by atoms with E-state index in [0.29, 0.717) is 11.7 Å². The van der Waals surface area contributed by atoms with Crippen LogP contribution in [0.1, 0.15) is 36.2 Å². The van der Waals surface area contributed by atoms with Gasteiger partial charge in [-0.25, -0.2) is 4.98 Å². The normalized spacial score (nSPS) is 18.9. The maximum atomic E-state index is 11.5. The van der Waals surface area contributed by atoms with E-state index in [1.54, 1.807) is 0 Å². The minimum Gasteiger partial charge on any atom is -0.396 e. The number of aliphatic hydroxyl groups is 1. The predicted molar refractivity (Wildman–Crippen MR) is 77.3 cm³/mol. The molecule has 0 aromatic carbocycles. The predicted octanol–water partition coefficient (Wildman–Crippen LogP) is 1.89. The average molecular weight is 273 g/mol. The van der Waals surface area contributed by atoms with Crippen LogP contribution >= 0.6 is 0 Å². The molecular formula is C15H19N3O2. The fourth-order valence-corrected chi connectivity index (χ4v) is 3.06. The number of aldehydes is 1. The molecule has 1 N–H and O–H groups in total. The molecule has 0 radical (unpaired) electrons. The van der Waals surface area contributed by atoms with Crippen LogP contribution in [0, 0.1) is 0 Å². The summed E-state index contributed by atoms with van der Waals surface area (Å²) < 4.78 is 1.84. The second-order valence-electron chi connectivity index (χ2n) is 5.22. The minimum absolute atomic E-state index is 0.218. The molecule has 3 rings (SSSR count). The van der Waals surface area contributed by atoms with Crippen LogP contribution in [0.5, 0.6) is 0 Å². The molecule has 0 amide bonds. The zero-order valence-corrected chi connectivity index (χ0v) is 11.4. The van der Waals surface area contributed by atoms with Crippen LogP contribution in [0.15, 0.2) is 24.4 Å². The number of hydrogen-bond donors (Lipinski definition) is 1. The Morgan fingerprint density at radius 1 is 1.45 bits per heavy atom. The van der Waals surface area contributed by atoms with Gasteiger partial charge in [0, 0.05) is 25.4 Å². The van der Waals surface area contributed by atoms with E-state index in [0.717, 1.165) is 50.0 Å². The van der Waals surface area contributed by atoms with Gasteiger partial charge in [-0.3, -0.25) is 9.20 Å². The second-order valence-corrected chi connectivity index (χ2v) is 5.22. The van der Waals surface area contributed by atoms with Gasteiger partial charge in [0.05, 0.1) is 0 Å². The summed E-state index contributed by atoms with van der Waals surface area (Å²) in [6.45, 7) is 1.15. The third kappa shape index (κ3) is 2.18. The van der Waals surface area contributed by atoms with Gasteiger partial charge in [-0.15, -0.1) is 0 Å². The van der Waals surface area contributed by atoms with Crippen LogP contribution in [0.2, 0.25) is 0 Å². The molecule has 5 heteroatoms. The summed E-state index contributed by atoms with van der Waals surface area (Å²) in [5, 5.41) is 9.00. The zero-order valence-electron chi connectivity index (χ0n) is 11.4. The standard InChI is InChI=1S/C15H19N3O2/c19-10-4-6-12-5-3-9-17(12)15-13(11-20)18-8-2-1-7-14(18)16-15/h1-2,7-8,11-12,19H,3-6,9-10H2. The average Bonchev–Trinajstić information content (AvgIpc) is 3.08. The number of anilines is 1. The molecule has 1 aliphatic heterocycles. The summed E-state index contributed by atoms with van der Waals surface area (Å²) in [6.07, 6.45) is 6.72. The summed E-state index contributed by atoms with van der Waals surface area (Å²) in [4.78, 5) is 18.3. The first-order chi connectivity index (χ1) is 9.85. The third-order valence-corrected chi connectivity index (χ3v) is 4.00. The largest absolute Gasteiger partial charge is 0.396 e. The lowest BCUT2D eigenvalue weighted by molar-refractivity contribution is 0.111. The highest BCUT2D eigenvalue weighted by Crippen LogP contribution is 2.30. The van der Waals surface area contributed by atoms with Gasteiger partial charge in [0.1, 0.15) is 11.3 Å². The van der Waals surface area contributed by atoms with E-state index in [2.05, 4.69) is 9.88 Å².